The summed E-state index contributed by atoms with van der Waals surface area (Å²) in [5.74, 6) is 0.526. The Hall–Kier alpha value is -3.63. The summed E-state index contributed by atoms with van der Waals surface area (Å²) in [5, 5.41) is 16.9. The second-order valence-corrected chi connectivity index (χ2v) is 8.54. The van der Waals surface area contributed by atoms with Gasteiger partial charge in [0.2, 0.25) is 0 Å². The number of nitrogens with zero attached hydrogens (tertiary/aromatic N) is 4. The van der Waals surface area contributed by atoms with Crippen molar-refractivity contribution in [3.8, 4) is 5.75 Å². The first-order valence-corrected chi connectivity index (χ1v) is 11.0. The van der Waals surface area contributed by atoms with Crippen LogP contribution in [0.4, 0.5) is 28.4 Å². The number of nitrogens with two attached hydrogens (primary N) is 1. The predicted molar refractivity (Wildman–Crippen MR) is 123 cm³/mol. The van der Waals surface area contributed by atoms with Crippen LogP contribution in [0.1, 0.15) is 16.7 Å². The molecule has 0 heterocycles. The first-order valence-electron chi connectivity index (χ1n) is 9.55. The van der Waals surface area contributed by atoms with Crippen LogP contribution in [0.5, 0.6) is 5.75 Å². The molecule has 3 aromatic carbocycles. The summed E-state index contributed by atoms with van der Waals surface area (Å²) in [6.45, 7) is 5.57. The maximum atomic E-state index is 11.5. The lowest BCUT2D eigenvalue weighted by molar-refractivity contribution is 0.417. The molecule has 166 valence electrons. The first kappa shape index (κ1) is 23.0. The highest BCUT2D eigenvalue weighted by Gasteiger charge is 2.14. The van der Waals surface area contributed by atoms with Crippen LogP contribution >= 0.6 is 0 Å². The molecule has 10 heteroatoms. The topological polar surface area (TPSA) is 139 Å². The average Bonchev–Trinajstić information content (AvgIpc) is 2.73. The van der Waals surface area contributed by atoms with E-state index in [1.165, 1.54) is 25.3 Å². The Morgan fingerprint density at radius 2 is 1.25 bits per heavy atom. The van der Waals surface area contributed by atoms with Crippen molar-refractivity contribution in [2.24, 2.45) is 20.5 Å². The van der Waals surface area contributed by atoms with Gasteiger partial charge in [-0.2, -0.15) is 23.8 Å². The summed E-state index contributed by atoms with van der Waals surface area (Å²) in [6, 6.07) is 12.9. The molecule has 0 saturated heterocycles. The van der Waals surface area contributed by atoms with E-state index in [9.17, 15) is 13.0 Å². The average molecular weight is 454 g/mol. The number of anilines is 1. The molecular formula is C22H23N5O4S. The Bertz CT molecular complexity index is 1330. The van der Waals surface area contributed by atoms with Gasteiger partial charge in [0.1, 0.15) is 16.3 Å². The summed E-state index contributed by atoms with van der Waals surface area (Å²) >= 11 is 0. The summed E-state index contributed by atoms with van der Waals surface area (Å²) in [4.78, 5) is -0.308. The molecule has 32 heavy (non-hydrogen) atoms. The van der Waals surface area contributed by atoms with Crippen LogP contribution in [0.25, 0.3) is 0 Å². The van der Waals surface area contributed by atoms with Gasteiger partial charge in [-0.3, -0.25) is 4.55 Å². The Labute approximate surface area is 186 Å². The van der Waals surface area contributed by atoms with Crippen LogP contribution in [-0.2, 0) is 10.1 Å². The van der Waals surface area contributed by atoms with Crippen molar-refractivity contribution < 1.29 is 17.7 Å². The molecule has 3 rings (SSSR count). The number of ether oxygens (including phenoxy) is 1. The zero-order valence-electron chi connectivity index (χ0n) is 18.1. The summed E-state index contributed by atoms with van der Waals surface area (Å²) in [7, 11) is -2.87. The highest BCUT2D eigenvalue weighted by Crippen LogP contribution is 2.34. The molecule has 0 atom stereocenters. The van der Waals surface area contributed by atoms with Gasteiger partial charge >= 0.3 is 0 Å². The fourth-order valence-electron chi connectivity index (χ4n) is 2.96. The van der Waals surface area contributed by atoms with Crippen molar-refractivity contribution in [3.63, 3.8) is 0 Å². The Morgan fingerprint density at radius 3 is 1.78 bits per heavy atom. The maximum absolute atomic E-state index is 11.5. The van der Waals surface area contributed by atoms with Gasteiger partial charge in [0.15, 0.2) is 0 Å². The smallest absolute Gasteiger partial charge is 0.296 e. The van der Waals surface area contributed by atoms with Gasteiger partial charge in [-0.1, -0.05) is 12.1 Å². The van der Waals surface area contributed by atoms with Crippen molar-refractivity contribution >= 4 is 38.6 Å². The van der Waals surface area contributed by atoms with E-state index in [1.54, 1.807) is 24.3 Å². The number of azo groups is 2. The Balaban J connectivity index is 1.92. The minimum atomic E-state index is -4.41. The van der Waals surface area contributed by atoms with Gasteiger partial charge in [0.05, 0.1) is 29.9 Å². The second kappa shape index (κ2) is 9.25. The Morgan fingerprint density at radius 1 is 0.781 bits per heavy atom. The van der Waals surface area contributed by atoms with Gasteiger partial charge in [-0.05, 0) is 67.8 Å². The highest BCUT2D eigenvalue weighted by atomic mass is 32.2. The van der Waals surface area contributed by atoms with Crippen LogP contribution < -0.4 is 10.5 Å². The van der Waals surface area contributed by atoms with Crippen LogP contribution in [0.3, 0.4) is 0 Å². The van der Waals surface area contributed by atoms with Crippen LogP contribution in [0, 0.1) is 20.8 Å². The van der Waals surface area contributed by atoms with E-state index in [2.05, 4.69) is 20.5 Å². The SMILES string of the molecule is COc1cc(N=Nc2cc(C)c(N=Nc3ccccc3S(=O)(=O)O)cc2C)c(C)cc1N. The third kappa shape index (κ3) is 5.16. The monoisotopic (exact) mass is 453 g/mol. The highest BCUT2D eigenvalue weighted by molar-refractivity contribution is 7.86. The van der Waals surface area contributed by atoms with Crippen LogP contribution in [0.2, 0.25) is 0 Å². The number of hydrogen-bond acceptors (Lipinski definition) is 8. The van der Waals surface area contributed by atoms with Gasteiger partial charge < -0.3 is 10.5 Å². The fraction of sp³-hybridized carbons (Fsp3) is 0.182. The molecule has 0 saturated carbocycles. The Kier molecular flexibility index (Phi) is 6.66. The lowest BCUT2D eigenvalue weighted by Gasteiger charge is -2.08. The normalized spacial score (nSPS) is 12.0. The minimum absolute atomic E-state index is 0.0450. The number of aryl methyl sites for hydroxylation is 3. The van der Waals surface area contributed by atoms with E-state index in [1.807, 2.05) is 26.8 Å². The van der Waals surface area contributed by atoms with E-state index < -0.39 is 10.1 Å². The number of benzene rings is 3. The molecule has 9 nitrogen and oxygen atoms in total. The second-order valence-electron chi connectivity index (χ2n) is 7.15. The standard InChI is InChI=1S/C22H23N5O4S/c1-13-9-16(23)21(31-4)12-20(13)27-26-19-11-14(2)18(10-15(19)3)25-24-17-7-5-6-8-22(17)32(28,29)30/h5-12H,23H2,1-4H3,(H,28,29,30). The lowest BCUT2D eigenvalue weighted by Crippen LogP contribution is -1.97. The van der Waals surface area contributed by atoms with Gasteiger partial charge in [-0.25, -0.2) is 0 Å². The molecule has 3 aromatic rings. The third-order valence-corrected chi connectivity index (χ3v) is 5.64. The molecule has 0 amide bonds. The summed E-state index contributed by atoms with van der Waals surface area (Å²) < 4.78 is 37.6. The molecule has 0 aliphatic carbocycles. The molecule has 0 aromatic heterocycles. The van der Waals surface area contributed by atoms with E-state index in [-0.39, 0.29) is 10.6 Å². The largest absolute Gasteiger partial charge is 0.495 e. The minimum Gasteiger partial charge on any atom is -0.495 e. The van der Waals surface area contributed by atoms with Gasteiger partial charge in [0, 0.05) is 6.07 Å². The number of hydrogen-bond donors (Lipinski definition) is 2. The van der Waals surface area contributed by atoms with Crippen molar-refractivity contribution in [3.05, 3.63) is 65.2 Å². The molecule has 0 unspecified atom stereocenters. The maximum Gasteiger partial charge on any atom is 0.296 e. The number of methoxy groups -OCH3 is 1. The van der Waals surface area contributed by atoms with Crippen LogP contribution in [0.15, 0.2) is 73.9 Å². The van der Waals surface area contributed by atoms with Crippen LogP contribution in [-0.4, -0.2) is 20.1 Å². The number of nitrogen functional groups attached to an aromatic ring is 1. The van der Waals surface area contributed by atoms with Crippen molar-refractivity contribution in [1.29, 1.82) is 0 Å². The van der Waals surface area contributed by atoms with Crippen molar-refractivity contribution in [1.82, 2.24) is 0 Å². The molecule has 0 bridgehead atoms. The van der Waals surface area contributed by atoms with Gasteiger partial charge in [-0.15, -0.1) is 5.11 Å². The van der Waals surface area contributed by atoms with E-state index in [0.29, 0.717) is 28.5 Å². The van der Waals surface area contributed by atoms with Crippen molar-refractivity contribution in [2.45, 2.75) is 25.7 Å². The van der Waals surface area contributed by atoms with Gasteiger partial charge in [0.25, 0.3) is 10.1 Å². The van der Waals surface area contributed by atoms with E-state index in [4.69, 9.17) is 10.5 Å². The molecule has 0 radical (unpaired) electrons. The van der Waals surface area contributed by atoms with E-state index in [0.717, 1.165) is 16.7 Å². The third-order valence-electron chi connectivity index (χ3n) is 4.74. The molecule has 0 aliphatic heterocycles. The lowest BCUT2D eigenvalue weighted by atomic mass is 10.1. The zero-order valence-corrected chi connectivity index (χ0v) is 18.9. The first-order chi connectivity index (χ1) is 15.1. The molecule has 0 spiro atoms. The molecule has 0 fully saturated rings. The predicted octanol–water partition coefficient (Wildman–Crippen LogP) is 6.28. The molecule has 3 N–H and O–H groups in total. The summed E-state index contributed by atoms with van der Waals surface area (Å²) in [6.07, 6.45) is 0. The fourth-order valence-corrected chi connectivity index (χ4v) is 3.58. The quantitative estimate of drug-likeness (QED) is 0.257. The van der Waals surface area contributed by atoms with Crippen molar-refractivity contribution in [2.75, 3.05) is 12.8 Å². The zero-order chi connectivity index (χ0) is 23.5. The summed E-state index contributed by atoms with van der Waals surface area (Å²) in [5.41, 5.74) is 10.7. The molecular weight excluding hydrogens is 430 g/mol. The molecule has 0 aliphatic rings. The van der Waals surface area contributed by atoms with E-state index >= 15 is 0 Å². The number of rotatable bonds is 6.